The van der Waals surface area contributed by atoms with Gasteiger partial charge in [-0.1, -0.05) is 11.6 Å². The summed E-state index contributed by atoms with van der Waals surface area (Å²) in [5, 5.41) is 12.2. The second-order valence-electron chi connectivity index (χ2n) is 4.60. The number of benzene rings is 1. The average molecular weight is 379 g/mol. The molecule has 1 aliphatic rings. The Kier molecular flexibility index (Phi) is 5.08. The molecule has 1 saturated heterocycles. The van der Waals surface area contributed by atoms with Gasteiger partial charge in [0.25, 0.3) is 5.91 Å². The molecule has 1 unspecified atom stereocenters. The van der Waals surface area contributed by atoms with Crippen LogP contribution < -0.4 is 10.1 Å². The van der Waals surface area contributed by atoms with Gasteiger partial charge in [0, 0.05) is 18.1 Å². The summed E-state index contributed by atoms with van der Waals surface area (Å²) < 4.78 is 11.0. The Labute approximate surface area is 134 Å². The van der Waals surface area contributed by atoms with Gasteiger partial charge >= 0.3 is 5.97 Å². The van der Waals surface area contributed by atoms with E-state index in [0.717, 1.165) is 0 Å². The molecule has 6 nitrogen and oxygen atoms in total. The van der Waals surface area contributed by atoms with Gasteiger partial charge in [0.05, 0.1) is 11.1 Å². The number of ether oxygens (including phenoxy) is 2. The van der Waals surface area contributed by atoms with E-state index in [1.807, 2.05) is 0 Å². The van der Waals surface area contributed by atoms with E-state index in [9.17, 15) is 14.7 Å². The van der Waals surface area contributed by atoms with Crippen LogP contribution in [0.25, 0.3) is 0 Å². The maximum Gasteiger partial charge on any atom is 0.331 e. The number of hydrogen-bond acceptors (Lipinski definition) is 4. The van der Waals surface area contributed by atoms with Gasteiger partial charge in [-0.3, -0.25) is 4.79 Å². The molecule has 0 aliphatic carbocycles. The number of nitrogens with one attached hydrogen (secondary N) is 1. The van der Waals surface area contributed by atoms with Crippen LogP contribution in [0.2, 0.25) is 5.02 Å². The monoisotopic (exact) mass is 377 g/mol. The summed E-state index contributed by atoms with van der Waals surface area (Å²) in [6.45, 7) is -0.0376. The van der Waals surface area contributed by atoms with Crippen molar-refractivity contribution < 1.29 is 24.2 Å². The van der Waals surface area contributed by atoms with Crippen molar-refractivity contribution in [2.24, 2.45) is 0 Å². The van der Waals surface area contributed by atoms with Gasteiger partial charge in [0.15, 0.2) is 12.1 Å². The van der Waals surface area contributed by atoms with E-state index in [1.54, 1.807) is 18.2 Å². The molecule has 2 N–H and O–H groups in total. The molecule has 1 fully saturated rings. The van der Waals surface area contributed by atoms with Crippen molar-refractivity contribution in [1.82, 2.24) is 5.32 Å². The van der Waals surface area contributed by atoms with Crippen LogP contribution in [0.15, 0.2) is 22.7 Å². The Bertz CT molecular complexity index is 559. The number of carboxylic acids is 1. The first-order chi connectivity index (χ1) is 9.93. The van der Waals surface area contributed by atoms with E-state index >= 15 is 0 Å². The maximum absolute atomic E-state index is 11.9. The van der Waals surface area contributed by atoms with Crippen LogP contribution in [0.3, 0.4) is 0 Å². The molecule has 1 aromatic rings. The highest BCUT2D eigenvalue weighted by molar-refractivity contribution is 9.10. The van der Waals surface area contributed by atoms with E-state index in [4.69, 9.17) is 21.1 Å². The van der Waals surface area contributed by atoms with Crippen LogP contribution >= 0.6 is 27.5 Å². The highest BCUT2D eigenvalue weighted by Crippen LogP contribution is 2.28. The predicted molar refractivity (Wildman–Crippen MR) is 78.6 cm³/mol. The van der Waals surface area contributed by atoms with E-state index in [-0.39, 0.29) is 19.6 Å². The summed E-state index contributed by atoms with van der Waals surface area (Å²) in [4.78, 5) is 23.1. The maximum atomic E-state index is 11.9. The molecule has 114 valence electrons. The van der Waals surface area contributed by atoms with Gasteiger partial charge in [-0.25, -0.2) is 4.79 Å². The molecule has 0 aromatic heterocycles. The normalized spacial score (nSPS) is 21.0. The Morgan fingerprint density at radius 1 is 1.52 bits per heavy atom. The van der Waals surface area contributed by atoms with Crippen molar-refractivity contribution in [1.29, 1.82) is 0 Å². The number of halogens is 2. The Morgan fingerprint density at radius 3 is 2.86 bits per heavy atom. The molecule has 8 heteroatoms. The van der Waals surface area contributed by atoms with Crippen molar-refractivity contribution in [2.45, 2.75) is 12.0 Å². The largest absolute Gasteiger partial charge is 0.483 e. The predicted octanol–water partition coefficient (Wildman–Crippen LogP) is 1.84. The van der Waals surface area contributed by atoms with Crippen molar-refractivity contribution in [3.8, 4) is 5.75 Å². The van der Waals surface area contributed by atoms with Crippen LogP contribution in [-0.2, 0) is 14.3 Å². The summed E-state index contributed by atoms with van der Waals surface area (Å²) in [6.07, 6.45) is 0.235. The Balaban J connectivity index is 1.94. The third kappa shape index (κ3) is 3.87. The van der Waals surface area contributed by atoms with Gasteiger partial charge in [0.1, 0.15) is 5.75 Å². The van der Waals surface area contributed by atoms with Crippen molar-refractivity contribution in [3.05, 3.63) is 27.7 Å². The highest BCUT2D eigenvalue weighted by Gasteiger charge is 2.43. The van der Waals surface area contributed by atoms with Crippen molar-refractivity contribution in [3.63, 3.8) is 0 Å². The topological polar surface area (TPSA) is 84.9 Å². The lowest BCUT2D eigenvalue weighted by Gasteiger charge is -2.23. The van der Waals surface area contributed by atoms with E-state index in [2.05, 4.69) is 21.2 Å². The second-order valence-corrected chi connectivity index (χ2v) is 5.89. The van der Waals surface area contributed by atoms with Crippen LogP contribution in [0.4, 0.5) is 0 Å². The fourth-order valence-electron chi connectivity index (χ4n) is 1.92. The minimum atomic E-state index is -1.36. The van der Waals surface area contributed by atoms with Crippen LogP contribution in [-0.4, -0.2) is 42.3 Å². The van der Waals surface area contributed by atoms with Crippen LogP contribution in [0.1, 0.15) is 6.42 Å². The number of carboxylic acid groups (broad SMARTS) is 1. The lowest BCUT2D eigenvalue weighted by Crippen LogP contribution is -2.56. The smallest absolute Gasteiger partial charge is 0.331 e. The molecule has 1 heterocycles. The summed E-state index contributed by atoms with van der Waals surface area (Å²) in [5.74, 6) is -1.19. The van der Waals surface area contributed by atoms with Crippen LogP contribution in [0, 0.1) is 0 Å². The van der Waals surface area contributed by atoms with Gasteiger partial charge in [-0.2, -0.15) is 0 Å². The Hall–Kier alpha value is -1.31. The van der Waals surface area contributed by atoms with Gasteiger partial charge < -0.3 is 19.9 Å². The zero-order valence-electron chi connectivity index (χ0n) is 10.9. The molecule has 0 saturated carbocycles. The quantitative estimate of drug-likeness (QED) is 0.817. The van der Waals surface area contributed by atoms with Gasteiger partial charge in [0.2, 0.25) is 0 Å². The van der Waals surface area contributed by atoms with Gasteiger partial charge in [-0.05, 0) is 34.1 Å². The summed E-state index contributed by atoms with van der Waals surface area (Å²) in [6, 6.07) is 4.88. The fraction of sp³-hybridized carbons (Fsp3) is 0.385. The van der Waals surface area contributed by atoms with Crippen molar-refractivity contribution >= 4 is 39.4 Å². The van der Waals surface area contributed by atoms with Crippen molar-refractivity contribution in [2.75, 3.05) is 19.8 Å². The first kappa shape index (κ1) is 16.1. The molecule has 0 spiro atoms. The number of aliphatic carboxylic acids is 1. The zero-order chi connectivity index (χ0) is 15.5. The Morgan fingerprint density at radius 2 is 2.29 bits per heavy atom. The third-order valence-corrected chi connectivity index (χ3v) is 3.92. The molecule has 0 radical (unpaired) electrons. The number of amides is 1. The second kappa shape index (κ2) is 6.64. The first-order valence-electron chi connectivity index (χ1n) is 6.13. The SMILES string of the molecule is O=C(COc1ccc(Cl)cc1Br)NC1(C(=O)O)CCOC1. The molecule has 21 heavy (non-hydrogen) atoms. The standard InChI is InChI=1S/C13H13BrClNO5/c14-9-5-8(15)1-2-10(9)21-6-11(17)16-13(12(18)19)3-4-20-7-13/h1-2,5H,3-4,6-7H2,(H,16,17)(H,18,19). The summed E-state index contributed by atoms with van der Waals surface area (Å²) in [7, 11) is 0. The molecule has 1 amide bonds. The minimum Gasteiger partial charge on any atom is -0.483 e. The van der Waals surface area contributed by atoms with E-state index in [0.29, 0.717) is 21.9 Å². The highest BCUT2D eigenvalue weighted by atomic mass is 79.9. The van der Waals surface area contributed by atoms with Crippen LogP contribution in [0.5, 0.6) is 5.75 Å². The molecule has 1 aromatic carbocycles. The molecule has 0 bridgehead atoms. The average Bonchev–Trinajstić information content (AvgIpc) is 2.87. The molecular weight excluding hydrogens is 366 g/mol. The number of carbonyl (C=O) groups excluding carboxylic acids is 1. The summed E-state index contributed by atoms with van der Waals surface area (Å²) in [5.41, 5.74) is -1.36. The lowest BCUT2D eigenvalue weighted by atomic mass is 9.99. The van der Waals surface area contributed by atoms with E-state index < -0.39 is 17.4 Å². The number of hydrogen-bond donors (Lipinski definition) is 2. The van der Waals surface area contributed by atoms with E-state index in [1.165, 1.54) is 0 Å². The fourth-order valence-corrected chi connectivity index (χ4v) is 2.72. The molecule has 1 aliphatic heterocycles. The molecular formula is C13H13BrClNO5. The number of carbonyl (C=O) groups is 2. The zero-order valence-corrected chi connectivity index (χ0v) is 13.2. The van der Waals surface area contributed by atoms with Gasteiger partial charge in [-0.15, -0.1) is 0 Å². The third-order valence-electron chi connectivity index (χ3n) is 3.06. The first-order valence-corrected chi connectivity index (χ1v) is 7.30. The summed E-state index contributed by atoms with van der Waals surface area (Å²) >= 11 is 9.07. The molecule has 2 rings (SSSR count). The lowest BCUT2D eigenvalue weighted by molar-refractivity contribution is -0.148. The minimum absolute atomic E-state index is 0.0429. The molecule has 1 atom stereocenters. The number of rotatable bonds is 5.